The Balaban J connectivity index is 1.72. The monoisotopic (exact) mass is 379 g/mol. The largest absolute Gasteiger partial charge is 0.445 e. The smallest absolute Gasteiger partial charge is 0.410 e. The molecule has 1 saturated heterocycles. The Labute approximate surface area is 155 Å². The van der Waals surface area contributed by atoms with Crippen LogP contribution in [0.3, 0.4) is 0 Å². The van der Waals surface area contributed by atoms with Gasteiger partial charge in [-0.25, -0.2) is 9.18 Å². The fraction of sp³-hybridized carbons (Fsp3) is 0.350. The van der Waals surface area contributed by atoms with Gasteiger partial charge < -0.3 is 14.4 Å². The van der Waals surface area contributed by atoms with Gasteiger partial charge in [-0.05, 0) is 36.1 Å². The van der Waals surface area contributed by atoms with Crippen LogP contribution in [0.2, 0.25) is 0 Å². The van der Waals surface area contributed by atoms with Gasteiger partial charge in [-0.15, -0.1) is 0 Å². The molecule has 2 aromatic rings. The third kappa shape index (κ3) is 5.23. The summed E-state index contributed by atoms with van der Waals surface area (Å²) in [6.45, 7) is -2.54. The van der Waals surface area contributed by atoms with E-state index in [2.05, 4.69) is 4.74 Å². The first-order chi connectivity index (χ1) is 13.0. The number of halogens is 3. The number of carbonyl (C=O) groups is 1. The maximum Gasteiger partial charge on any atom is 0.410 e. The molecule has 1 amide bonds. The number of piperidine rings is 1. The van der Waals surface area contributed by atoms with E-state index in [0.29, 0.717) is 5.56 Å². The first-order valence-electron chi connectivity index (χ1n) is 8.69. The van der Waals surface area contributed by atoms with Crippen molar-refractivity contribution >= 4 is 6.09 Å². The summed E-state index contributed by atoms with van der Waals surface area (Å²) in [4.78, 5) is 14.1. The van der Waals surface area contributed by atoms with E-state index in [1.165, 1.54) is 17.0 Å². The lowest BCUT2D eigenvalue weighted by molar-refractivity contribution is -0.176. The zero-order valence-electron chi connectivity index (χ0n) is 14.6. The molecule has 144 valence electrons. The predicted octanol–water partition coefficient (Wildman–Crippen LogP) is 4.91. The molecule has 1 aliphatic heterocycles. The Bertz CT molecular complexity index is 740. The van der Waals surface area contributed by atoms with E-state index in [9.17, 15) is 18.0 Å². The first kappa shape index (κ1) is 19.2. The van der Waals surface area contributed by atoms with Crippen LogP contribution in [0.25, 0.3) is 0 Å². The average molecular weight is 379 g/mol. The molecule has 0 saturated carbocycles. The van der Waals surface area contributed by atoms with Crippen LogP contribution in [0.15, 0.2) is 54.6 Å². The zero-order chi connectivity index (χ0) is 19.2. The quantitative estimate of drug-likeness (QED) is 0.741. The van der Waals surface area contributed by atoms with Crippen molar-refractivity contribution in [1.82, 2.24) is 4.90 Å². The van der Waals surface area contributed by atoms with Crippen LogP contribution >= 0.6 is 0 Å². The maximum absolute atomic E-state index is 13.2. The van der Waals surface area contributed by atoms with Gasteiger partial charge in [-0.2, -0.15) is 8.78 Å². The van der Waals surface area contributed by atoms with Crippen molar-refractivity contribution in [2.75, 3.05) is 6.54 Å². The van der Waals surface area contributed by atoms with E-state index in [4.69, 9.17) is 4.74 Å². The number of hydrogen-bond donors (Lipinski definition) is 0. The van der Waals surface area contributed by atoms with Gasteiger partial charge in [0.05, 0.1) is 12.1 Å². The van der Waals surface area contributed by atoms with Crippen LogP contribution in [0.4, 0.5) is 18.0 Å². The number of rotatable bonds is 5. The second kappa shape index (κ2) is 8.90. The van der Waals surface area contributed by atoms with Crippen LogP contribution in [-0.4, -0.2) is 30.3 Å². The van der Waals surface area contributed by atoms with Gasteiger partial charge in [-0.3, -0.25) is 0 Å². The van der Waals surface area contributed by atoms with Crippen LogP contribution in [0.1, 0.15) is 30.0 Å². The van der Waals surface area contributed by atoms with Gasteiger partial charge in [0.25, 0.3) is 0 Å². The Kier molecular flexibility index (Phi) is 6.34. The molecule has 1 heterocycles. The molecule has 27 heavy (non-hydrogen) atoms. The molecule has 2 atom stereocenters. The Morgan fingerprint density at radius 1 is 1.11 bits per heavy atom. The predicted molar refractivity (Wildman–Crippen MR) is 92.6 cm³/mol. The lowest BCUT2D eigenvalue weighted by Gasteiger charge is -2.38. The number of hydrogen-bond acceptors (Lipinski definition) is 3. The number of amides is 1. The Hall–Kier alpha value is -2.54. The molecular weight excluding hydrogens is 359 g/mol. The highest BCUT2D eigenvalue weighted by atomic mass is 19.3. The molecule has 0 spiro atoms. The molecule has 0 radical (unpaired) electrons. The van der Waals surface area contributed by atoms with Gasteiger partial charge >= 0.3 is 12.7 Å². The lowest BCUT2D eigenvalue weighted by Crippen LogP contribution is -2.43. The zero-order valence-corrected chi connectivity index (χ0v) is 14.6. The van der Waals surface area contributed by atoms with Gasteiger partial charge in [0.2, 0.25) is 0 Å². The number of likely N-dealkylation sites (tertiary alicyclic amines) is 1. The second-order valence-corrected chi connectivity index (χ2v) is 6.34. The van der Waals surface area contributed by atoms with Crippen molar-refractivity contribution in [3.63, 3.8) is 0 Å². The van der Waals surface area contributed by atoms with Crippen LogP contribution in [0.5, 0.6) is 0 Å². The van der Waals surface area contributed by atoms with Crippen molar-refractivity contribution in [2.45, 2.75) is 38.2 Å². The van der Waals surface area contributed by atoms with E-state index in [0.717, 1.165) is 5.56 Å². The number of nitrogens with zero attached hydrogens (tertiary/aromatic N) is 1. The molecule has 0 aliphatic carbocycles. The number of carbonyl (C=O) groups excluding carboxylic acids is 1. The fourth-order valence-corrected chi connectivity index (χ4v) is 3.22. The Morgan fingerprint density at radius 2 is 1.81 bits per heavy atom. The topological polar surface area (TPSA) is 38.8 Å². The molecule has 1 aliphatic rings. The van der Waals surface area contributed by atoms with Gasteiger partial charge in [0.15, 0.2) is 0 Å². The minimum Gasteiger partial charge on any atom is -0.445 e. The van der Waals surface area contributed by atoms with E-state index < -0.39 is 30.7 Å². The second-order valence-electron chi connectivity index (χ2n) is 6.34. The van der Waals surface area contributed by atoms with Crippen molar-refractivity contribution in [3.05, 3.63) is 71.5 Å². The number of alkyl halides is 2. The Morgan fingerprint density at radius 3 is 2.48 bits per heavy atom. The summed E-state index contributed by atoms with van der Waals surface area (Å²) in [6.07, 6.45) is -0.749. The molecule has 3 rings (SSSR count). The fourth-order valence-electron chi connectivity index (χ4n) is 3.22. The summed E-state index contributed by atoms with van der Waals surface area (Å²) < 4.78 is 48.4. The third-order valence-corrected chi connectivity index (χ3v) is 4.54. The highest BCUT2D eigenvalue weighted by molar-refractivity contribution is 5.68. The summed E-state index contributed by atoms with van der Waals surface area (Å²) in [5.74, 6) is -0.409. The maximum atomic E-state index is 13.2. The molecule has 1 fully saturated rings. The summed E-state index contributed by atoms with van der Waals surface area (Å²) in [7, 11) is 0. The van der Waals surface area contributed by atoms with Crippen LogP contribution in [0, 0.1) is 5.82 Å². The van der Waals surface area contributed by atoms with E-state index in [1.807, 2.05) is 30.3 Å². The first-order valence-corrected chi connectivity index (χ1v) is 8.69. The van der Waals surface area contributed by atoms with E-state index >= 15 is 0 Å². The molecule has 0 aromatic heterocycles. The third-order valence-electron chi connectivity index (χ3n) is 4.54. The van der Waals surface area contributed by atoms with Crippen LogP contribution in [-0.2, 0) is 16.1 Å². The highest BCUT2D eigenvalue weighted by Crippen LogP contribution is 2.33. The van der Waals surface area contributed by atoms with Gasteiger partial charge in [0.1, 0.15) is 12.4 Å². The van der Waals surface area contributed by atoms with Crippen molar-refractivity contribution in [2.24, 2.45) is 0 Å². The molecule has 2 aromatic carbocycles. The molecule has 0 N–H and O–H groups in total. The summed E-state index contributed by atoms with van der Waals surface area (Å²) >= 11 is 0. The molecule has 7 heteroatoms. The van der Waals surface area contributed by atoms with Gasteiger partial charge in [0, 0.05) is 6.54 Å². The molecule has 4 nitrogen and oxygen atoms in total. The summed E-state index contributed by atoms with van der Waals surface area (Å²) in [5, 5.41) is 0. The van der Waals surface area contributed by atoms with Gasteiger partial charge in [-0.1, -0.05) is 42.5 Å². The van der Waals surface area contributed by atoms with Crippen molar-refractivity contribution in [1.29, 1.82) is 0 Å². The highest BCUT2D eigenvalue weighted by Gasteiger charge is 2.35. The summed E-state index contributed by atoms with van der Waals surface area (Å²) in [5.41, 5.74) is 1.50. The van der Waals surface area contributed by atoms with Crippen LogP contribution < -0.4 is 0 Å². The SMILES string of the molecule is O=C(OCc1ccccc1)N1CC[C@H](OC(F)F)CC1c1ccc(F)cc1. The standard InChI is InChI=1S/C20H20F3NO3/c21-16-8-6-15(7-9-16)18-12-17(27-19(22)23)10-11-24(18)20(25)26-13-14-4-2-1-3-5-14/h1-9,17-19H,10-13H2/t17-,18?/m0/s1. The van der Waals surface area contributed by atoms with E-state index in [1.54, 1.807) is 12.1 Å². The minimum atomic E-state index is -2.87. The molecule has 0 bridgehead atoms. The van der Waals surface area contributed by atoms with Crippen molar-refractivity contribution in [3.8, 4) is 0 Å². The number of ether oxygens (including phenoxy) is 2. The minimum absolute atomic E-state index is 0.114. The normalized spacial score (nSPS) is 19.9. The lowest BCUT2D eigenvalue weighted by atomic mass is 9.93. The average Bonchev–Trinajstić information content (AvgIpc) is 2.67. The van der Waals surface area contributed by atoms with E-state index in [-0.39, 0.29) is 26.0 Å². The van der Waals surface area contributed by atoms with Crippen molar-refractivity contribution < 1.29 is 27.4 Å². The molecule has 1 unspecified atom stereocenters. The number of benzene rings is 2. The summed E-state index contributed by atoms with van der Waals surface area (Å²) in [6, 6.07) is 14.4. The molecular formula is C20H20F3NO3.